The maximum Gasteiger partial charge on any atom is 0.311 e. The van der Waals surface area contributed by atoms with Gasteiger partial charge >= 0.3 is 5.69 Å². The molecule has 1 N–H and O–H groups in total. The highest BCUT2D eigenvalue weighted by Gasteiger charge is 2.47. The molecule has 3 rings (SSSR count). The molecule has 0 saturated carbocycles. The summed E-state index contributed by atoms with van der Waals surface area (Å²) in [5.41, 5.74) is -0.318. The summed E-state index contributed by atoms with van der Waals surface area (Å²) in [7, 11) is 1.54. The summed E-state index contributed by atoms with van der Waals surface area (Å²) in [5.74, 6) is -3.68. The Morgan fingerprint density at radius 1 is 1.48 bits per heavy atom. The van der Waals surface area contributed by atoms with Gasteiger partial charge in [0.1, 0.15) is 23.7 Å². The van der Waals surface area contributed by atoms with E-state index in [0.29, 0.717) is 0 Å². The predicted octanol–water partition coefficient (Wildman–Crippen LogP) is 2.64. The van der Waals surface area contributed by atoms with Crippen LogP contribution in [0.15, 0.2) is 24.4 Å². The maximum absolute atomic E-state index is 14.0. The lowest BCUT2D eigenvalue weighted by Gasteiger charge is -2.21. The average molecular weight is 326 g/mol. The van der Waals surface area contributed by atoms with Crippen molar-refractivity contribution in [3.63, 3.8) is 0 Å². The van der Waals surface area contributed by atoms with Gasteiger partial charge in [-0.3, -0.25) is 15.0 Å². The zero-order valence-corrected chi connectivity index (χ0v) is 12.1. The van der Waals surface area contributed by atoms with Gasteiger partial charge in [0, 0.05) is 11.9 Å². The molecule has 2 heterocycles. The number of anilines is 1. The normalized spacial score (nSPS) is 20.8. The summed E-state index contributed by atoms with van der Waals surface area (Å²) >= 11 is 0. The first-order chi connectivity index (χ1) is 10.8. The van der Waals surface area contributed by atoms with Gasteiger partial charge in [-0.2, -0.15) is 0 Å². The standard InChI is InChI=1S/C14H13F3N4O2/c1-20-6-12(14(16,17)7-20)19-13-9-4-8(15)2-3-10(9)18-5-11(13)21(22)23/h2-5,12H,6-7H2,1H3,(H,18,19). The van der Waals surface area contributed by atoms with Crippen molar-refractivity contribution >= 4 is 22.3 Å². The molecule has 9 heteroatoms. The first kappa shape index (κ1) is 15.5. The minimum absolute atomic E-state index is 0.0171. The summed E-state index contributed by atoms with van der Waals surface area (Å²) in [6, 6.07) is 2.25. The van der Waals surface area contributed by atoms with Gasteiger partial charge in [-0.1, -0.05) is 0 Å². The molecule has 0 radical (unpaired) electrons. The first-order valence-electron chi connectivity index (χ1n) is 6.83. The number of fused-ring (bicyclic) bond motifs is 1. The topological polar surface area (TPSA) is 71.3 Å². The molecule has 1 fully saturated rings. The average Bonchev–Trinajstić information content (AvgIpc) is 2.71. The summed E-state index contributed by atoms with van der Waals surface area (Å²) < 4.78 is 41.5. The van der Waals surface area contributed by atoms with Crippen LogP contribution in [0, 0.1) is 15.9 Å². The molecular weight excluding hydrogens is 313 g/mol. The van der Waals surface area contributed by atoms with Gasteiger partial charge < -0.3 is 5.32 Å². The molecule has 1 saturated heterocycles. The Hall–Kier alpha value is -2.42. The van der Waals surface area contributed by atoms with E-state index in [2.05, 4.69) is 10.3 Å². The minimum Gasteiger partial charge on any atom is -0.369 e. The van der Waals surface area contributed by atoms with Crippen molar-refractivity contribution in [2.24, 2.45) is 0 Å². The third kappa shape index (κ3) is 2.79. The van der Waals surface area contributed by atoms with Crippen LogP contribution in [0.5, 0.6) is 0 Å². The molecule has 1 aliphatic rings. The number of likely N-dealkylation sites (N-methyl/N-ethyl adjacent to an activating group) is 1. The highest BCUT2D eigenvalue weighted by atomic mass is 19.3. The van der Waals surface area contributed by atoms with Crippen LogP contribution < -0.4 is 5.32 Å². The van der Waals surface area contributed by atoms with Crippen molar-refractivity contribution < 1.29 is 18.1 Å². The van der Waals surface area contributed by atoms with Crippen LogP contribution in [0.25, 0.3) is 10.9 Å². The first-order valence-corrected chi connectivity index (χ1v) is 6.83. The third-order valence-corrected chi connectivity index (χ3v) is 3.81. The monoisotopic (exact) mass is 326 g/mol. The highest BCUT2D eigenvalue weighted by Crippen LogP contribution is 2.36. The van der Waals surface area contributed by atoms with Gasteiger partial charge in [0.15, 0.2) is 0 Å². The second-order valence-corrected chi connectivity index (χ2v) is 5.59. The molecule has 1 unspecified atom stereocenters. The lowest BCUT2D eigenvalue weighted by atomic mass is 10.1. The van der Waals surface area contributed by atoms with Crippen molar-refractivity contribution in [1.29, 1.82) is 0 Å². The Bertz CT molecular complexity index is 784. The van der Waals surface area contributed by atoms with Crippen LogP contribution in [0.2, 0.25) is 0 Å². The lowest BCUT2D eigenvalue weighted by molar-refractivity contribution is -0.384. The summed E-state index contributed by atoms with van der Waals surface area (Å²) in [5, 5.41) is 13.8. The number of rotatable bonds is 3. The maximum atomic E-state index is 14.0. The smallest absolute Gasteiger partial charge is 0.311 e. The summed E-state index contributed by atoms with van der Waals surface area (Å²) in [6.45, 7) is -0.431. The molecule has 2 aromatic rings. The van der Waals surface area contributed by atoms with Crippen molar-refractivity contribution in [3.05, 3.63) is 40.3 Å². The van der Waals surface area contributed by atoms with Gasteiger partial charge in [0.05, 0.1) is 17.0 Å². The van der Waals surface area contributed by atoms with Crippen LogP contribution >= 0.6 is 0 Å². The number of alkyl halides is 2. The SMILES string of the molecule is CN1CC(Nc2c([N+](=O)[O-])cnc3ccc(F)cc23)C(F)(F)C1. The molecule has 23 heavy (non-hydrogen) atoms. The van der Waals surface area contributed by atoms with Gasteiger partial charge in [-0.15, -0.1) is 0 Å². The molecule has 0 bridgehead atoms. The Labute approximate surface area is 129 Å². The molecule has 0 aliphatic carbocycles. The van der Waals surface area contributed by atoms with Crippen LogP contribution in [-0.2, 0) is 0 Å². The van der Waals surface area contributed by atoms with Crippen molar-refractivity contribution in [2.45, 2.75) is 12.0 Å². The van der Waals surface area contributed by atoms with E-state index in [1.165, 1.54) is 18.0 Å². The van der Waals surface area contributed by atoms with E-state index >= 15 is 0 Å². The Morgan fingerprint density at radius 3 is 2.83 bits per heavy atom. The Balaban J connectivity index is 2.12. The highest BCUT2D eigenvalue weighted by molar-refractivity contribution is 5.95. The van der Waals surface area contributed by atoms with Crippen LogP contribution in [-0.4, -0.2) is 46.9 Å². The molecule has 6 nitrogen and oxygen atoms in total. The molecule has 0 amide bonds. The Kier molecular flexibility index (Phi) is 3.59. The van der Waals surface area contributed by atoms with Crippen LogP contribution in [0.4, 0.5) is 24.5 Å². The minimum atomic E-state index is -3.05. The number of hydrogen-bond donors (Lipinski definition) is 1. The van der Waals surface area contributed by atoms with Crippen LogP contribution in [0.1, 0.15) is 0 Å². The number of likely N-dealkylation sites (tertiary alicyclic amines) is 1. The molecule has 1 aliphatic heterocycles. The van der Waals surface area contributed by atoms with Crippen molar-refractivity contribution in [3.8, 4) is 0 Å². The Morgan fingerprint density at radius 2 is 2.22 bits per heavy atom. The number of halogens is 3. The molecule has 1 atom stereocenters. The number of nitrogens with zero attached hydrogens (tertiary/aromatic N) is 3. The fraction of sp³-hybridized carbons (Fsp3) is 0.357. The van der Waals surface area contributed by atoms with E-state index in [0.717, 1.165) is 18.3 Å². The van der Waals surface area contributed by atoms with Crippen molar-refractivity contribution in [1.82, 2.24) is 9.88 Å². The fourth-order valence-electron chi connectivity index (χ4n) is 2.75. The van der Waals surface area contributed by atoms with E-state index in [1.54, 1.807) is 0 Å². The fourth-order valence-corrected chi connectivity index (χ4v) is 2.75. The summed E-state index contributed by atoms with van der Waals surface area (Å²) in [4.78, 5) is 15.8. The quantitative estimate of drug-likeness (QED) is 0.693. The van der Waals surface area contributed by atoms with Gasteiger partial charge in [-0.05, 0) is 25.2 Å². The van der Waals surface area contributed by atoms with Gasteiger partial charge in [0.25, 0.3) is 5.92 Å². The van der Waals surface area contributed by atoms with Gasteiger partial charge in [0.2, 0.25) is 0 Å². The molecule has 1 aromatic heterocycles. The van der Waals surface area contributed by atoms with Crippen LogP contribution in [0.3, 0.4) is 0 Å². The number of nitro groups is 1. The largest absolute Gasteiger partial charge is 0.369 e. The second-order valence-electron chi connectivity index (χ2n) is 5.59. The zero-order valence-electron chi connectivity index (χ0n) is 12.1. The predicted molar refractivity (Wildman–Crippen MR) is 78.2 cm³/mol. The van der Waals surface area contributed by atoms with E-state index in [4.69, 9.17) is 0 Å². The van der Waals surface area contributed by atoms with E-state index in [9.17, 15) is 23.3 Å². The van der Waals surface area contributed by atoms with Gasteiger partial charge in [-0.25, -0.2) is 18.2 Å². The lowest BCUT2D eigenvalue weighted by Crippen LogP contribution is -2.38. The molecule has 122 valence electrons. The number of hydrogen-bond acceptors (Lipinski definition) is 5. The zero-order chi connectivity index (χ0) is 16.8. The van der Waals surface area contributed by atoms with E-state index in [-0.39, 0.29) is 23.1 Å². The number of pyridine rings is 1. The number of aromatic nitrogens is 1. The molecular formula is C14H13F3N4O2. The molecule has 1 aromatic carbocycles. The number of benzene rings is 1. The van der Waals surface area contributed by atoms with E-state index < -0.39 is 34.9 Å². The van der Waals surface area contributed by atoms with Crippen molar-refractivity contribution in [2.75, 3.05) is 25.5 Å². The third-order valence-electron chi connectivity index (χ3n) is 3.81. The second kappa shape index (κ2) is 5.34. The summed E-state index contributed by atoms with van der Waals surface area (Å²) in [6.07, 6.45) is 0.985. The number of nitrogens with one attached hydrogen (secondary N) is 1. The van der Waals surface area contributed by atoms with E-state index in [1.807, 2.05) is 0 Å². The molecule has 0 spiro atoms.